The number of piperazine rings is 1. The van der Waals surface area contributed by atoms with Crippen LogP contribution < -0.4 is 25.7 Å². The monoisotopic (exact) mass is 791 g/mol. The van der Waals surface area contributed by atoms with Gasteiger partial charge in [0.15, 0.2) is 5.82 Å². The van der Waals surface area contributed by atoms with Gasteiger partial charge in [0.2, 0.25) is 5.95 Å². The molecule has 3 atom stereocenters. The number of hydrogen-bond acceptors (Lipinski definition) is 11. The molecule has 2 aliphatic heterocycles. The number of rotatable bonds is 16. The molecule has 2 aliphatic rings. The third kappa shape index (κ3) is 8.54. The van der Waals surface area contributed by atoms with Gasteiger partial charge in [-0.3, -0.25) is 19.9 Å². The van der Waals surface area contributed by atoms with Crippen LogP contribution in [0.25, 0.3) is 11.0 Å². The molecule has 2 bridgehead atoms. The number of nitrogens with one attached hydrogen (secondary N) is 2. The average molecular weight is 792 g/mol. The molecule has 5 heterocycles. The van der Waals surface area contributed by atoms with E-state index in [1.807, 2.05) is 16.9 Å². The van der Waals surface area contributed by atoms with Crippen molar-refractivity contribution in [2.75, 3.05) is 51.6 Å². The summed E-state index contributed by atoms with van der Waals surface area (Å²) in [4.78, 5) is 31.7. The number of likely N-dealkylation sites (N-methyl/N-ethyl adjacent to an activating group) is 1. The number of amides is 1. The van der Waals surface area contributed by atoms with Gasteiger partial charge in [0, 0.05) is 62.2 Å². The third-order valence-electron chi connectivity index (χ3n) is 11.6. The highest BCUT2D eigenvalue weighted by Gasteiger charge is 2.50. The minimum absolute atomic E-state index is 0.00299. The van der Waals surface area contributed by atoms with Crippen molar-refractivity contribution in [2.24, 2.45) is 0 Å². The zero-order valence-corrected chi connectivity index (χ0v) is 35.4. The summed E-state index contributed by atoms with van der Waals surface area (Å²) in [6.45, 7) is 13.0. The molecule has 2 saturated heterocycles. The fraction of sp³-hybridized carbons (Fsp3) is 0.465. The van der Waals surface area contributed by atoms with Gasteiger partial charge < -0.3 is 24.1 Å². The van der Waals surface area contributed by atoms with Gasteiger partial charge in [-0.15, -0.1) is 0 Å². The van der Waals surface area contributed by atoms with Gasteiger partial charge in [-0.2, -0.15) is 10.1 Å². The van der Waals surface area contributed by atoms with Crippen molar-refractivity contribution < 1.29 is 18.7 Å². The number of ether oxygens (including phenoxy) is 2. The molecule has 0 spiro atoms. The van der Waals surface area contributed by atoms with Gasteiger partial charge in [-0.25, -0.2) is 9.78 Å². The first-order valence-corrected chi connectivity index (χ1v) is 22.0. The molecule has 3 aromatic heterocycles. The fourth-order valence-electron chi connectivity index (χ4n) is 8.78. The highest BCUT2D eigenvalue weighted by Crippen LogP contribution is 2.37. The van der Waals surface area contributed by atoms with Crippen molar-refractivity contribution in [1.29, 1.82) is 0 Å². The summed E-state index contributed by atoms with van der Waals surface area (Å²) >= 11 is 0. The number of carbonyl (C=O) groups is 1. The number of likely N-dealkylation sites (tertiary alicyclic amines) is 2. The predicted octanol–water partition coefficient (Wildman–Crippen LogP) is 5.89. The number of anilines is 2. The lowest BCUT2D eigenvalue weighted by molar-refractivity contribution is 0.142. The molecule has 0 saturated carbocycles. The van der Waals surface area contributed by atoms with Crippen molar-refractivity contribution in [3.63, 3.8) is 0 Å². The molecule has 57 heavy (non-hydrogen) atoms. The van der Waals surface area contributed by atoms with Gasteiger partial charge in [-0.05, 0) is 41.7 Å². The zero-order valence-electron chi connectivity index (χ0n) is 34.4. The summed E-state index contributed by atoms with van der Waals surface area (Å²) < 4.78 is 20.0. The highest BCUT2D eigenvalue weighted by atomic mass is 28.4. The quantitative estimate of drug-likeness (QED) is 0.116. The van der Waals surface area contributed by atoms with E-state index in [-0.39, 0.29) is 17.0 Å². The van der Waals surface area contributed by atoms with Crippen LogP contribution in [0.4, 0.5) is 16.6 Å². The molecule has 14 heteroatoms. The maximum atomic E-state index is 12.3. The van der Waals surface area contributed by atoms with Crippen molar-refractivity contribution in [1.82, 2.24) is 34.5 Å². The molecule has 13 nitrogen and oxygen atoms in total. The summed E-state index contributed by atoms with van der Waals surface area (Å²) in [6, 6.07) is 24.7. The Hall–Kier alpha value is -4.89. The van der Waals surface area contributed by atoms with Gasteiger partial charge in [0.05, 0.1) is 32.7 Å². The summed E-state index contributed by atoms with van der Waals surface area (Å²) in [7, 11) is 2.50. The lowest BCUT2D eigenvalue weighted by Gasteiger charge is -2.43. The van der Waals surface area contributed by atoms with Crippen molar-refractivity contribution in [3.05, 3.63) is 90.4 Å². The van der Waals surface area contributed by atoms with E-state index in [9.17, 15) is 4.79 Å². The Morgan fingerprint density at radius 3 is 2.26 bits per heavy atom. The first kappa shape index (κ1) is 40.3. The lowest BCUT2D eigenvalue weighted by Crippen LogP contribution is -2.66. The Bertz CT molecular complexity index is 2090. The molecule has 1 amide bonds. The number of hydrogen-bond donors (Lipinski definition) is 2. The lowest BCUT2D eigenvalue weighted by atomic mass is 10.1. The number of pyridine rings is 1. The average Bonchev–Trinajstić information content (AvgIpc) is 3.91. The summed E-state index contributed by atoms with van der Waals surface area (Å²) in [6.07, 6.45) is 6.71. The summed E-state index contributed by atoms with van der Waals surface area (Å²) in [5.41, 5.74) is 3.17. The van der Waals surface area contributed by atoms with E-state index in [0.717, 1.165) is 55.9 Å². The SMILES string of the molecule is CCC[C@@H](CCO[Si](c1ccccc1)(c1ccccc1)C(C)(C)C)Nc1nc(NC(=O)OC)nc2cnn(Cc3cnc(CN4C[C@@H]5C[C@H]4CN5C)cc3OC)c12. The van der Waals surface area contributed by atoms with E-state index >= 15 is 0 Å². The molecule has 2 N–H and O–H groups in total. The third-order valence-corrected chi connectivity index (χ3v) is 16.6. The van der Waals surface area contributed by atoms with Crippen LogP contribution in [0, 0.1) is 0 Å². The van der Waals surface area contributed by atoms with Crippen LogP contribution in [0.1, 0.15) is 64.6 Å². The van der Waals surface area contributed by atoms with Crippen molar-refractivity contribution in [3.8, 4) is 5.75 Å². The number of methoxy groups -OCH3 is 2. The minimum atomic E-state index is -2.73. The highest BCUT2D eigenvalue weighted by molar-refractivity contribution is 6.99. The maximum absolute atomic E-state index is 12.3. The smallest absolute Gasteiger partial charge is 0.413 e. The van der Waals surface area contributed by atoms with Crippen LogP contribution in [0.2, 0.25) is 5.04 Å². The predicted molar refractivity (Wildman–Crippen MR) is 227 cm³/mol. The topological polar surface area (TPSA) is 132 Å². The normalized spacial score (nSPS) is 17.9. The molecule has 0 aliphatic carbocycles. The van der Waals surface area contributed by atoms with Gasteiger partial charge in [0.1, 0.15) is 16.8 Å². The zero-order chi connectivity index (χ0) is 40.2. The van der Waals surface area contributed by atoms with E-state index < -0.39 is 14.4 Å². The first-order chi connectivity index (χ1) is 27.5. The van der Waals surface area contributed by atoms with E-state index in [1.54, 1.807) is 13.3 Å². The van der Waals surface area contributed by atoms with E-state index in [1.165, 1.54) is 23.9 Å². The number of fused-ring (bicyclic) bond motifs is 3. The standard InChI is InChI=1S/C43H57N9O4Si/c1-8-15-31(20-21-56-57(43(2,3)4,35-16-11-9-12-17-35)36-18-13-10-14-19-36)46-40-39-37(47-41(48-40)49-42(53)55-7)25-45-52(39)26-30-24-44-32(22-38(30)54-6)27-51-29-33-23-34(51)28-50(33)5/h9-14,16-19,22,24-25,31,33-34H,8,15,20-21,23,26-29H2,1-7H3,(H2,46,47,48,49,53)/t31-,33-,34-/m0/s1. The number of nitrogens with zero attached hydrogens (tertiary/aromatic N) is 7. The number of aromatic nitrogens is 5. The van der Waals surface area contributed by atoms with Crippen LogP contribution in [-0.4, -0.2) is 108 Å². The van der Waals surface area contributed by atoms with Crippen LogP contribution >= 0.6 is 0 Å². The number of carbonyl (C=O) groups excluding carboxylic acids is 1. The Labute approximate surface area is 337 Å². The number of benzene rings is 2. The maximum Gasteiger partial charge on any atom is 0.413 e. The Kier molecular flexibility index (Phi) is 12.2. The summed E-state index contributed by atoms with van der Waals surface area (Å²) in [5.74, 6) is 1.44. The van der Waals surface area contributed by atoms with Gasteiger partial charge >= 0.3 is 6.09 Å². The second kappa shape index (κ2) is 17.3. The fourth-order valence-corrected chi connectivity index (χ4v) is 13.4. The summed E-state index contributed by atoms with van der Waals surface area (Å²) in [5, 5.41) is 13.5. The Morgan fingerprint density at radius 1 is 0.947 bits per heavy atom. The second-order valence-electron chi connectivity index (χ2n) is 16.4. The van der Waals surface area contributed by atoms with E-state index in [0.29, 0.717) is 42.1 Å². The van der Waals surface area contributed by atoms with Crippen LogP contribution in [0.5, 0.6) is 5.75 Å². The van der Waals surface area contributed by atoms with Crippen molar-refractivity contribution >= 4 is 47.6 Å². The largest absolute Gasteiger partial charge is 0.496 e. The van der Waals surface area contributed by atoms with E-state index in [4.69, 9.17) is 29.0 Å². The molecular formula is C43H57N9O4Si. The van der Waals surface area contributed by atoms with Crippen LogP contribution in [0.3, 0.4) is 0 Å². The minimum Gasteiger partial charge on any atom is -0.496 e. The molecule has 0 unspecified atom stereocenters. The second-order valence-corrected chi connectivity index (χ2v) is 20.7. The first-order valence-electron chi connectivity index (χ1n) is 20.1. The Balaban J connectivity index is 1.16. The molecule has 2 aromatic carbocycles. The Morgan fingerprint density at radius 2 is 1.67 bits per heavy atom. The van der Waals surface area contributed by atoms with Crippen LogP contribution in [-0.2, 0) is 22.3 Å². The molecule has 302 valence electrons. The molecule has 0 radical (unpaired) electrons. The van der Waals surface area contributed by atoms with E-state index in [2.05, 4.69) is 121 Å². The molecular weight excluding hydrogens is 735 g/mol. The van der Waals surface area contributed by atoms with Crippen LogP contribution in [0.15, 0.2) is 79.1 Å². The molecule has 2 fully saturated rings. The van der Waals surface area contributed by atoms with Gasteiger partial charge in [0.25, 0.3) is 8.32 Å². The molecule has 7 rings (SSSR count). The molecule has 5 aromatic rings. The van der Waals surface area contributed by atoms with Crippen molar-refractivity contribution in [2.45, 2.75) is 89.6 Å². The van der Waals surface area contributed by atoms with Gasteiger partial charge in [-0.1, -0.05) is 94.8 Å².